The molecule has 10 heteroatoms. The second-order valence-electron chi connectivity index (χ2n) is 7.97. The van der Waals surface area contributed by atoms with Gasteiger partial charge in [0.1, 0.15) is 11.5 Å². The molecule has 1 N–H and O–H groups in total. The number of carbonyl (C=O) groups excluding carboxylic acids is 2. The van der Waals surface area contributed by atoms with Crippen molar-refractivity contribution in [2.24, 2.45) is 4.99 Å². The van der Waals surface area contributed by atoms with Crippen LogP contribution in [0, 0.1) is 11.6 Å². The fraction of sp³-hybridized carbons (Fsp3) is 0.115. The summed E-state index contributed by atoms with van der Waals surface area (Å²) >= 11 is 4.09. The number of hydrogen-bond donors (Lipinski definition) is 1. The van der Waals surface area contributed by atoms with Crippen LogP contribution in [0.3, 0.4) is 0 Å². The topological polar surface area (TPSA) is 65.0 Å². The molecule has 0 bridgehead atoms. The van der Waals surface area contributed by atoms with Crippen LogP contribution in [0.1, 0.15) is 5.56 Å². The standard InChI is InChI=1S/C26H21BrF2N4O2S/c1-32(2)18-10-8-16(9-11-18)12-22-25(35)33(19-6-4-3-5-7-19)26(30-22)36-15-23(34)31-24-20(27)13-17(28)14-21(24)29/h3-14H,15H2,1-2H3,(H,31,34). The maximum Gasteiger partial charge on any atom is 0.283 e. The predicted octanol–water partition coefficient (Wildman–Crippen LogP) is 5.91. The highest BCUT2D eigenvalue weighted by molar-refractivity contribution is 9.10. The molecule has 0 aliphatic carbocycles. The smallest absolute Gasteiger partial charge is 0.283 e. The summed E-state index contributed by atoms with van der Waals surface area (Å²) in [7, 11) is 3.89. The van der Waals surface area contributed by atoms with Crippen LogP contribution < -0.4 is 15.1 Å². The van der Waals surface area contributed by atoms with Crippen LogP contribution in [-0.2, 0) is 9.59 Å². The van der Waals surface area contributed by atoms with Gasteiger partial charge in [-0.2, -0.15) is 0 Å². The van der Waals surface area contributed by atoms with E-state index in [1.54, 1.807) is 30.3 Å². The van der Waals surface area contributed by atoms with Crippen molar-refractivity contribution in [2.45, 2.75) is 0 Å². The quantitative estimate of drug-likeness (QED) is 0.374. The molecule has 3 aromatic carbocycles. The third-order valence-corrected chi connectivity index (χ3v) is 6.72. The number of para-hydroxylation sites is 1. The number of rotatable bonds is 6. The highest BCUT2D eigenvalue weighted by Gasteiger charge is 2.32. The Morgan fingerprint density at radius 2 is 1.81 bits per heavy atom. The minimum atomic E-state index is -0.898. The maximum absolute atomic E-state index is 14.1. The number of amidine groups is 1. The molecule has 184 valence electrons. The summed E-state index contributed by atoms with van der Waals surface area (Å²) in [5, 5.41) is 2.75. The molecule has 36 heavy (non-hydrogen) atoms. The zero-order valence-electron chi connectivity index (χ0n) is 19.3. The summed E-state index contributed by atoms with van der Waals surface area (Å²) in [5.74, 6) is -2.67. The lowest BCUT2D eigenvalue weighted by molar-refractivity contribution is -0.114. The second-order valence-corrected chi connectivity index (χ2v) is 9.76. The Morgan fingerprint density at radius 3 is 2.44 bits per heavy atom. The predicted molar refractivity (Wildman–Crippen MR) is 145 cm³/mol. The zero-order valence-corrected chi connectivity index (χ0v) is 21.7. The van der Waals surface area contributed by atoms with E-state index in [0.29, 0.717) is 16.9 Å². The molecule has 0 saturated heterocycles. The van der Waals surface area contributed by atoms with Gasteiger partial charge in [0.2, 0.25) is 5.91 Å². The summed E-state index contributed by atoms with van der Waals surface area (Å²) in [4.78, 5) is 33.7. The van der Waals surface area contributed by atoms with Gasteiger partial charge < -0.3 is 10.2 Å². The fourth-order valence-corrected chi connectivity index (χ4v) is 4.71. The van der Waals surface area contributed by atoms with E-state index in [1.165, 1.54) is 4.90 Å². The van der Waals surface area contributed by atoms with Crippen molar-refractivity contribution >= 4 is 67.8 Å². The van der Waals surface area contributed by atoms with Gasteiger partial charge in [-0.25, -0.2) is 13.8 Å². The first kappa shape index (κ1) is 25.6. The molecule has 0 spiro atoms. The van der Waals surface area contributed by atoms with Gasteiger partial charge in [0.15, 0.2) is 11.0 Å². The Labute approximate surface area is 219 Å². The van der Waals surface area contributed by atoms with E-state index >= 15 is 0 Å². The van der Waals surface area contributed by atoms with E-state index in [0.717, 1.165) is 29.1 Å². The number of amides is 2. The Morgan fingerprint density at radius 1 is 1.11 bits per heavy atom. The normalized spacial score (nSPS) is 14.2. The number of thioether (sulfide) groups is 1. The Bertz CT molecular complexity index is 1340. The van der Waals surface area contributed by atoms with E-state index in [9.17, 15) is 18.4 Å². The summed E-state index contributed by atoms with van der Waals surface area (Å²) < 4.78 is 27.5. The number of carbonyl (C=O) groups is 2. The van der Waals surface area contributed by atoms with Gasteiger partial charge in [0.25, 0.3) is 5.91 Å². The third kappa shape index (κ3) is 5.83. The Balaban J connectivity index is 1.56. The molecular weight excluding hydrogens is 550 g/mol. The van der Waals surface area contributed by atoms with Crippen LogP contribution in [0.2, 0.25) is 0 Å². The van der Waals surface area contributed by atoms with E-state index in [1.807, 2.05) is 49.3 Å². The largest absolute Gasteiger partial charge is 0.378 e. The van der Waals surface area contributed by atoms with Crippen molar-refractivity contribution < 1.29 is 18.4 Å². The number of halogens is 3. The van der Waals surface area contributed by atoms with Gasteiger partial charge in [0.05, 0.1) is 17.1 Å². The molecule has 0 aromatic heterocycles. The van der Waals surface area contributed by atoms with Gasteiger partial charge >= 0.3 is 0 Å². The van der Waals surface area contributed by atoms with Crippen molar-refractivity contribution in [1.82, 2.24) is 0 Å². The lowest BCUT2D eigenvalue weighted by Crippen LogP contribution is -2.31. The molecule has 0 saturated carbocycles. The molecule has 4 rings (SSSR count). The highest BCUT2D eigenvalue weighted by atomic mass is 79.9. The molecular formula is C26H21BrF2N4O2S. The van der Waals surface area contributed by atoms with Gasteiger partial charge in [-0.3, -0.25) is 14.5 Å². The minimum absolute atomic E-state index is 0.0863. The summed E-state index contributed by atoms with van der Waals surface area (Å²) in [6.45, 7) is 0. The van der Waals surface area contributed by atoms with Crippen LogP contribution in [-0.4, -0.2) is 36.8 Å². The van der Waals surface area contributed by atoms with E-state index < -0.39 is 17.5 Å². The molecule has 1 heterocycles. The summed E-state index contributed by atoms with van der Waals surface area (Å²) in [5.41, 5.74) is 2.50. The molecule has 3 aromatic rings. The Hall–Kier alpha value is -3.50. The average molecular weight is 571 g/mol. The molecule has 1 aliphatic rings. The SMILES string of the molecule is CN(C)c1ccc(C=C2N=C(SCC(=O)Nc3c(F)cc(F)cc3Br)N(c3ccccc3)C2=O)cc1. The van der Waals surface area contributed by atoms with E-state index in [2.05, 4.69) is 26.2 Å². The molecule has 1 aliphatic heterocycles. The van der Waals surface area contributed by atoms with Gasteiger partial charge in [0, 0.05) is 30.3 Å². The molecule has 0 unspecified atom stereocenters. The van der Waals surface area contributed by atoms with E-state index in [4.69, 9.17) is 0 Å². The number of hydrogen-bond acceptors (Lipinski definition) is 5. The van der Waals surface area contributed by atoms with Crippen LogP contribution in [0.25, 0.3) is 6.08 Å². The lowest BCUT2D eigenvalue weighted by Gasteiger charge is -2.17. The monoisotopic (exact) mass is 570 g/mol. The fourth-order valence-electron chi connectivity index (χ4n) is 3.39. The van der Waals surface area contributed by atoms with Crippen LogP contribution in [0.4, 0.5) is 25.8 Å². The lowest BCUT2D eigenvalue weighted by atomic mass is 10.1. The van der Waals surface area contributed by atoms with E-state index in [-0.39, 0.29) is 27.5 Å². The Kier molecular flexibility index (Phi) is 7.85. The second kappa shape index (κ2) is 11.0. The first-order valence-corrected chi connectivity index (χ1v) is 12.6. The molecule has 0 radical (unpaired) electrons. The summed E-state index contributed by atoms with van der Waals surface area (Å²) in [6.07, 6.45) is 1.69. The molecule has 6 nitrogen and oxygen atoms in total. The summed E-state index contributed by atoms with van der Waals surface area (Å²) in [6, 6.07) is 18.4. The average Bonchev–Trinajstić information content (AvgIpc) is 3.15. The van der Waals surface area contributed by atoms with Crippen molar-refractivity contribution in [2.75, 3.05) is 35.0 Å². The highest BCUT2D eigenvalue weighted by Crippen LogP contribution is 2.31. The van der Waals surface area contributed by atoms with Crippen molar-refractivity contribution in [3.8, 4) is 0 Å². The zero-order chi connectivity index (χ0) is 25.8. The van der Waals surface area contributed by atoms with Crippen LogP contribution >= 0.6 is 27.7 Å². The number of anilines is 3. The minimum Gasteiger partial charge on any atom is -0.378 e. The van der Waals surface area contributed by atoms with Crippen molar-refractivity contribution in [3.63, 3.8) is 0 Å². The maximum atomic E-state index is 14.1. The first-order valence-electron chi connectivity index (χ1n) is 10.8. The van der Waals surface area contributed by atoms with Crippen molar-refractivity contribution in [3.05, 3.63) is 94.1 Å². The van der Waals surface area contributed by atoms with Crippen LogP contribution in [0.5, 0.6) is 0 Å². The molecule has 2 amide bonds. The number of nitrogens with one attached hydrogen (secondary N) is 1. The van der Waals surface area contributed by atoms with Crippen LogP contribution in [0.15, 0.2) is 81.9 Å². The molecule has 0 fully saturated rings. The van der Waals surface area contributed by atoms with Gasteiger partial charge in [-0.15, -0.1) is 0 Å². The van der Waals surface area contributed by atoms with Crippen molar-refractivity contribution in [1.29, 1.82) is 0 Å². The number of aliphatic imine (C=N–C) groups is 1. The third-order valence-electron chi connectivity index (χ3n) is 5.16. The number of nitrogens with zero attached hydrogens (tertiary/aromatic N) is 3. The van der Waals surface area contributed by atoms with Gasteiger partial charge in [-0.1, -0.05) is 42.1 Å². The molecule has 0 atom stereocenters. The first-order chi connectivity index (χ1) is 17.2. The van der Waals surface area contributed by atoms with Gasteiger partial charge in [-0.05, 0) is 57.9 Å². The number of benzene rings is 3.